The lowest BCUT2D eigenvalue weighted by atomic mass is 10.2. The molecule has 0 spiro atoms. The van der Waals surface area contributed by atoms with E-state index in [1.807, 2.05) is 36.7 Å². The Kier molecular flexibility index (Phi) is 3.33. The number of carbonyl (C=O) groups excluding carboxylic acids is 1. The van der Waals surface area contributed by atoms with Crippen LogP contribution in [0.25, 0.3) is 10.9 Å². The van der Waals surface area contributed by atoms with Gasteiger partial charge in [-0.1, -0.05) is 0 Å². The minimum absolute atomic E-state index is 0.107. The number of esters is 1. The number of carbonyl (C=O) groups is 1. The van der Waals surface area contributed by atoms with Gasteiger partial charge in [-0.05, 0) is 38.1 Å². The summed E-state index contributed by atoms with van der Waals surface area (Å²) in [6, 6.07) is 9.37. The molecule has 0 aliphatic carbocycles. The van der Waals surface area contributed by atoms with Crippen LogP contribution in [0.1, 0.15) is 19.4 Å². The fourth-order valence-corrected chi connectivity index (χ4v) is 1.85. The molecule has 0 amide bonds. The lowest BCUT2D eigenvalue weighted by molar-refractivity contribution is -0.148. The fraction of sp³-hybridized carbons (Fsp3) is 0.286. The molecule has 1 aromatic heterocycles. The van der Waals surface area contributed by atoms with Gasteiger partial charge in [0.15, 0.2) is 0 Å². The van der Waals surface area contributed by atoms with E-state index in [9.17, 15) is 4.79 Å². The van der Waals surface area contributed by atoms with Crippen LogP contribution >= 0.6 is 0 Å². The number of benzene rings is 1. The first-order chi connectivity index (χ1) is 8.60. The maximum atomic E-state index is 11.6. The van der Waals surface area contributed by atoms with Crippen molar-refractivity contribution in [1.82, 2.24) is 4.57 Å². The second-order valence-corrected chi connectivity index (χ2v) is 4.37. The number of hydrogen-bond donors (Lipinski definition) is 0. The molecule has 1 aromatic carbocycles. The highest BCUT2D eigenvalue weighted by Gasteiger charge is 2.09. The van der Waals surface area contributed by atoms with Crippen LogP contribution in [0.3, 0.4) is 0 Å². The van der Waals surface area contributed by atoms with E-state index in [0.29, 0.717) is 5.56 Å². The third kappa shape index (κ3) is 2.51. The second-order valence-electron chi connectivity index (χ2n) is 4.37. The first-order valence-corrected chi connectivity index (χ1v) is 5.78. The van der Waals surface area contributed by atoms with Crippen molar-refractivity contribution in [2.24, 2.45) is 0 Å². The van der Waals surface area contributed by atoms with Crippen molar-refractivity contribution in [3.8, 4) is 6.07 Å². The summed E-state index contributed by atoms with van der Waals surface area (Å²) in [6.45, 7) is 3.84. The van der Waals surface area contributed by atoms with Gasteiger partial charge in [-0.25, -0.2) is 0 Å². The van der Waals surface area contributed by atoms with Gasteiger partial charge in [-0.3, -0.25) is 4.79 Å². The van der Waals surface area contributed by atoms with Crippen molar-refractivity contribution in [2.75, 3.05) is 0 Å². The maximum Gasteiger partial charge on any atom is 0.326 e. The zero-order valence-corrected chi connectivity index (χ0v) is 10.4. The van der Waals surface area contributed by atoms with Gasteiger partial charge in [0.05, 0.1) is 17.7 Å². The topological polar surface area (TPSA) is 55.0 Å². The van der Waals surface area contributed by atoms with Crippen molar-refractivity contribution < 1.29 is 9.53 Å². The van der Waals surface area contributed by atoms with Gasteiger partial charge in [-0.15, -0.1) is 0 Å². The summed E-state index contributed by atoms with van der Waals surface area (Å²) in [7, 11) is 0. The zero-order valence-electron chi connectivity index (χ0n) is 10.4. The van der Waals surface area contributed by atoms with Gasteiger partial charge >= 0.3 is 5.97 Å². The van der Waals surface area contributed by atoms with Crippen LogP contribution in [0.15, 0.2) is 30.5 Å². The number of nitrogens with zero attached hydrogens (tertiary/aromatic N) is 2. The van der Waals surface area contributed by atoms with Crippen LogP contribution in [0.2, 0.25) is 0 Å². The van der Waals surface area contributed by atoms with E-state index < -0.39 is 0 Å². The van der Waals surface area contributed by atoms with Gasteiger partial charge in [0, 0.05) is 17.1 Å². The first-order valence-electron chi connectivity index (χ1n) is 5.78. The van der Waals surface area contributed by atoms with Gasteiger partial charge in [0.25, 0.3) is 0 Å². The van der Waals surface area contributed by atoms with Crippen LogP contribution < -0.4 is 0 Å². The van der Waals surface area contributed by atoms with Crippen molar-refractivity contribution >= 4 is 16.9 Å². The first kappa shape index (κ1) is 12.2. The molecule has 92 valence electrons. The average molecular weight is 242 g/mol. The standard InChI is InChI=1S/C14H14N2O2/c1-10(2)18-14(17)9-16-6-5-12-7-11(8-15)3-4-13(12)16/h3-7,10H,9H2,1-2H3. The molecule has 0 saturated heterocycles. The normalized spacial score (nSPS) is 10.6. The molecule has 0 aliphatic heterocycles. The molecule has 0 radical (unpaired) electrons. The third-order valence-electron chi connectivity index (χ3n) is 2.57. The molecule has 0 saturated carbocycles. The van der Waals surface area contributed by atoms with E-state index >= 15 is 0 Å². The van der Waals surface area contributed by atoms with Gasteiger partial charge in [0.1, 0.15) is 6.54 Å². The van der Waals surface area contributed by atoms with Crippen LogP contribution in [-0.2, 0) is 16.1 Å². The molecule has 4 heteroatoms. The molecular formula is C14H14N2O2. The van der Waals surface area contributed by atoms with E-state index in [-0.39, 0.29) is 18.6 Å². The Hall–Kier alpha value is -2.28. The highest BCUT2D eigenvalue weighted by molar-refractivity contribution is 5.83. The van der Waals surface area contributed by atoms with Crippen molar-refractivity contribution in [3.63, 3.8) is 0 Å². The lowest BCUT2D eigenvalue weighted by Gasteiger charge is -2.09. The van der Waals surface area contributed by atoms with Crippen LogP contribution in [-0.4, -0.2) is 16.6 Å². The Morgan fingerprint density at radius 1 is 1.44 bits per heavy atom. The SMILES string of the molecule is CC(C)OC(=O)Cn1ccc2cc(C#N)ccc21. The number of fused-ring (bicyclic) bond motifs is 1. The Morgan fingerprint density at radius 2 is 2.22 bits per heavy atom. The van der Waals surface area contributed by atoms with E-state index in [1.165, 1.54) is 0 Å². The lowest BCUT2D eigenvalue weighted by Crippen LogP contribution is -2.16. The molecule has 0 unspecified atom stereocenters. The zero-order chi connectivity index (χ0) is 13.1. The summed E-state index contributed by atoms with van der Waals surface area (Å²) in [5.41, 5.74) is 1.54. The Labute approximate surface area is 105 Å². The summed E-state index contributed by atoms with van der Waals surface area (Å²) in [5, 5.41) is 9.77. The fourth-order valence-electron chi connectivity index (χ4n) is 1.85. The van der Waals surface area contributed by atoms with E-state index in [2.05, 4.69) is 6.07 Å². The maximum absolute atomic E-state index is 11.6. The monoisotopic (exact) mass is 242 g/mol. The Morgan fingerprint density at radius 3 is 2.89 bits per heavy atom. The minimum Gasteiger partial charge on any atom is -0.462 e. The second kappa shape index (κ2) is 4.92. The van der Waals surface area contributed by atoms with Gasteiger partial charge < -0.3 is 9.30 Å². The highest BCUT2D eigenvalue weighted by atomic mass is 16.5. The van der Waals surface area contributed by atoms with Gasteiger partial charge in [0.2, 0.25) is 0 Å². The van der Waals surface area contributed by atoms with E-state index in [0.717, 1.165) is 10.9 Å². The Bertz CT molecular complexity index is 620. The summed E-state index contributed by atoms with van der Waals surface area (Å²) >= 11 is 0. The summed E-state index contributed by atoms with van der Waals surface area (Å²) in [6.07, 6.45) is 1.72. The molecular weight excluding hydrogens is 228 g/mol. The number of nitriles is 1. The van der Waals surface area contributed by atoms with Crippen LogP contribution in [0, 0.1) is 11.3 Å². The molecule has 0 N–H and O–H groups in total. The molecule has 4 nitrogen and oxygen atoms in total. The van der Waals surface area contributed by atoms with E-state index in [1.54, 1.807) is 12.1 Å². The molecule has 0 aliphatic rings. The van der Waals surface area contributed by atoms with Crippen molar-refractivity contribution in [2.45, 2.75) is 26.5 Å². The van der Waals surface area contributed by atoms with Crippen molar-refractivity contribution in [1.29, 1.82) is 5.26 Å². The summed E-state index contributed by atoms with van der Waals surface area (Å²) in [5.74, 6) is -0.258. The predicted octanol–water partition coefficient (Wildman–Crippen LogP) is 2.46. The number of hydrogen-bond acceptors (Lipinski definition) is 3. The van der Waals surface area contributed by atoms with Gasteiger partial charge in [-0.2, -0.15) is 5.26 Å². The average Bonchev–Trinajstić information content (AvgIpc) is 2.70. The van der Waals surface area contributed by atoms with Crippen LogP contribution in [0.5, 0.6) is 0 Å². The summed E-state index contributed by atoms with van der Waals surface area (Å²) in [4.78, 5) is 11.6. The highest BCUT2D eigenvalue weighted by Crippen LogP contribution is 2.17. The van der Waals surface area contributed by atoms with E-state index in [4.69, 9.17) is 10.00 Å². The molecule has 2 rings (SSSR count). The quantitative estimate of drug-likeness (QED) is 0.777. The molecule has 0 atom stereocenters. The van der Waals surface area contributed by atoms with Crippen LogP contribution in [0.4, 0.5) is 0 Å². The molecule has 1 heterocycles. The molecule has 18 heavy (non-hydrogen) atoms. The number of aromatic nitrogens is 1. The third-order valence-corrected chi connectivity index (χ3v) is 2.57. The van der Waals surface area contributed by atoms with Crippen molar-refractivity contribution in [3.05, 3.63) is 36.0 Å². The minimum atomic E-state index is -0.258. The predicted molar refractivity (Wildman–Crippen MR) is 67.9 cm³/mol. The molecule has 0 fully saturated rings. The summed E-state index contributed by atoms with van der Waals surface area (Å²) < 4.78 is 6.93. The number of ether oxygens (including phenoxy) is 1. The molecule has 0 bridgehead atoms. The molecule has 2 aromatic rings. The Balaban J connectivity index is 2.25. The number of rotatable bonds is 3. The smallest absolute Gasteiger partial charge is 0.326 e. The largest absolute Gasteiger partial charge is 0.462 e.